The SMILES string of the molecule is Nc1c2c(cc(=O)n1-c1ccc(I)cc1)C(=O)NC2=O. The van der Waals surface area contributed by atoms with Crippen LogP contribution in [0.1, 0.15) is 20.7 Å². The predicted molar refractivity (Wildman–Crippen MR) is 81.0 cm³/mol. The van der Waals surface area contributed by atoms with Crippen molar-refractivity contribution in [1.29, 1.82) is 0 Å². The van der Waals surface area contributed by atoms with Gasteiger partial charge in [0.1, 0.15) is 5.82 Å². The van der Waals surface area contributed by atoms with Crippen LogP contribution in [-0.4, -0.2) is 16.4 Å². The number of pyridine rings is 1. The van der Waals surface area contributed by atoms with Crippen LogP contribution in [0, 0.1) is 3.57 Å². The summed E-state index contributed by atoms with van der Waals surface area (Å²) < 4.78 is 2.22. The molecular weight excluding hydrogens is 373 g/mol. The molecule has 1 aliphatic rings. The molecule has 3 rings (SSSR count). The number of benzene rings is 1. The average Bonchev–Trinajstić information content (AvgIpc) is 2.67. The molecule has 2 aromatic rings. The number of nitrogens with zero attached hydrogens (tertiary/aromatic N) is 1. The van der Waals surface area contributed by atoms with Crippen molar-refractivity contribution in [2.45, 2.75) is 0 Å². The Hall–Kier alpha value is -2.16. The zero-order valence-electron chi connectivity index (χ0n) is 10.0. The van der Waals surface area contributed by atoms with Crippen LogP contribution in [0.25, 0.3) is 5.69 Å². The summed E-state index contributed by atoms with van der Waals surface area (Å²) in [5.41, 5.74) is 6.08. The molecule has 0 atom stereocenters. The van der Waals surface area contributed by atoms with E-state index in [4.69, 9.17) is 5.73 Å². The minimum atomic E-state index is -0.594. The Morgan fingerprint density at radius 1 is 1.05 bits per heavy atom. The molecule has 7 heteroatoms. The maximum atomic E-state index is 12.1. The van der Waals surface area contributed by atoms with Gasteiger partial charge >= 0.3 is 0 Å². The molecule has 0 saturated heterocycles. The van der Waals surface area contributed by atoms with E-state index in [-0.39, 0.29) is 16.9 Å². The number of rotatable bonds is 1. The van der Waals surface area contributed by atoms with Crippen LogP contribution in [0.3, 0.4) is 0 Å². The van der Waals surface area contributed by atoms with Crippen molar-refractivity contribution in [3.8, 4) is 5.69 Å². The first-order valence-corrected chi connectivity index (χ1v) is 6.74. The maximum absolute atomic E-state index is 12.1. The highest BCUT2D eigenvalue weighted by atomic mass is 127. The van der Waals surface area contributed by atoms with Crippen LogP contribution < -0.4 is 16.6 Å². The standard InChI is InChI=1S/C13H8IN3O3/c14-6-1-3-7(4-2-6)17-9(18)5-8-10(11(17)15)13(20)16-12(8)19/h1-5H,15H2,(H,16,19,20). The quantitative estimate of drug-likeness (QED) is 0.567. The highest BCUT2D eigenvalue weighted by Crippen LogP contribution is 2.22. The number of nitrogens with one attached hydrogen (secondary N) is 1. The largest absolute Gasteiger partial charge is 0.384 e. The molecule has 3 N–H and O–H groups in total. The monoisotopic (exact) mass is 381 g/mol. The van der Waals surface area contributed by atoms with E-state index in [1.54, 1.807) is 12.1 Å². The van der Waals surface area contributed by atoms with Crippen molar-refractivity contribution in [2.75, 3.05) is 5.73 Å². The van der Waals surface area contributed by atoms with Gasteiger partial charge in [-0.15, -0.1) is 0 Å². The minimum absolute atomic E-state index is 0.0271. The minimum Gasteiger partial charge on any atom is -0.384 e. The zero-order chi connectivity index (χ0) is 14.4. The van der Waals surface area contributed by atoms with Crippen LogP contribution >= 0.6 is 22.6 Å². The van der Waals surface area contributed by atoms with Crippen LogP contribution in [-0.2, 0) is 0 Å². The lowest BCUT2D eigenvalue weighted by Crippen LogP contribution is -2.24. The van der Waals surface area contributed by atoms with Gasteiger partial charge < -0.3 is 5.73 Å². The lowest BCUT2D eigenvalue weighted by Gasteiger charge is -2.11. The van der Waals surface area contributed by atoms with Gasteiger partial charge in [0.2, 0.25) is 0 Å². The summed E-state index contributed by atoms with van der Waals surface area (Å²) in [7, 11) is 0. The number of carbonyl (C=O) groups excluding carboxylic acids is 2. The molecule has 0 saturated carbocycles. The Bertz CT molecular complexity index is 809. The summed E-state index contributed by atoms with van der Waals surface area (Å²) in [6, 6.07) is 8.21. The first-order chi connectivity index (χ1) is 9.49. The number of halogens is 1. The van der Waals surface area contributed by atoms with E-state index >= 15 is 0 Å². The summed E-state index contributed by atoms with van der Waals surface area (Å²) in [5, 5.41) is 2.13. The number of nitrogens with two attached hydrogens (primary N) is 1. The van der Waals surface area contributed by atoms with Gasteiger partial charge in [-0.05, 0) is 46.9 Å². The van der Waals surface area contributed by atoms with Crippen molar-refractivity contribution in [2.24, 2.45) is 0 Å². The van der Waals surface area contributed by atoms with Gasteiger partial charge in [-0.25, -0.2) is 0 Å². The summed E-state index contributed by atoms with van der Waals surface area (Å²) in [4.78, 5) is 35.4. The van der Waals surface area contributed by atoms with E-state index < -0.39 is 17.4 Å². The Morgan fingerprint density at radius 2 is 1.70 bits per heavy atom. The molecule has 1 aliphatic heterocycles. The Morgan fingerprint density at radius 3 is 2.35 bits per heavy atom. The van der Waals surface area contributed by atoms with Crippen molar-refractivity contribution >= 4 is 40.2 Å². The second-order valence-corrected chi connectivity index (χ2v) is 5.50. The number of nitrogen functional groups attached to an aromatic ring is 1. The number of hydrogen-bond acceptors (Lipinski definition) is 4. The van der Waals surface area contributed by atoms with E-state index in [0.29, 0.717) is 5.69 Å². The number of carbonyl (C=O) groups is 2. The van der Waals surface area contributed by atoms with Crippen molar-refractivity contribution in [1.82, 2.24) is 9.88 Å². The van der Waals surface area contributed by atoms with Crippen molar-refractivity contribution < 1.29 is 9.59 Å². The molecule has 1 aromatic heterocycles. The van der Waals surface area contributed by atoms with E-state index in [1.807, 2.05) is 12.1 Å². The first kappa shape index (κ1) is 12.9. The lowest BCUT2D eigenvalue weighted by atomic mass is 10.1. The molecule has 0 aliphatic carbocycles. The highest BCUT2D eigenvalue weighted by Gasteiger charge is 2.31. The van der Waals surface area contributed by atoms with Crippen LogP contribution in [0.4, 0.5) is 5.82 Å². The lowest BCUT2D eigenvalue weighted by molar-refractivity contribution is 0.0880. The molecule has 2 amide bonds. The van der Waals surface area contributed by atoms with Gasteiger partial charge in [0, 0.05) is 9.64 Å². The summed E-state index contributed by atoms with van der Waals surface area (Å²) in [6.45, 7) is 0. The third-order valence-electron chi connectivity index (χ3n) is 3.04. The molecular formula is C13H8IN3O3. The number of fused-ring (bicyclic) bond motifs is 1. The molecule has 20 heavy (non-hydrogen) atoms. The van der Waals surface area contributed by atoms with Crippen LogP contribution in [0.15, 0.2) is 35.1 Å². The molecule has 2 heterocycles. The van der Waals surface area contributed by atoms with Crippen molar-refractivity contribution in [3.05, 3.63) is 55.4 Å². The number of anilines is 1. The molecule has 1 aromatic carbocycles. The fourth-order valence-electron chi connectivity index (χ4n) is 2.14. The first-order valence-electron chi connectivity index (χ1n) is 5.66. The summed E-state index contributed by atoms with van der Waals surface area (Å²) in [5.74, 6) is -1.21. The Labute approximate surface area is 126 Å². The summed E-state index contributed by atoms with van der Waals surface area (Å²) >= 11 is 2.14. The average molecular weight is 381 g/mol. The maximum Gasteiger partial charge on any atom is 0.262 e. The molecule has 6 nitrogen and oxygen atoms in total. The van der Waals surface area contributed by atoms with E-state index in [9.17, 15) is 14.4 Å². The van der Waals surface area contributed by atoms with Gasteiger partial charge in [0.15, 0.2) is 0 Å². The Balaban J connectivity index is 2.31. The fourth-order valence-corrected chi connectivity index (χ4v) is 2.50. The van der Waals surface area contributed by atoms with Gasteiger partial charge in [-0.3, -0.25) is 24.3 Å². The normalized spacial score (nSPS) is 13.2. The van der Waals surface area contributed by atoms with Gasteiger partial charge in [0.25, 0.3) is 17.4 Å². The highest BCUT2D eigenvalue weighted by molar-refractivity contribution is 14.1. The number of amides is 2. The van der Waals surface area contributed by atoms with Crippen LogP contribution in [0.5, 0.6) is 0 Å². The number of hydrogen-bond donors (Lipinski definition) is 2. The van der Waals surface area contributed by atoms with Crippen LogP contribution in [0.2, 0.25) is 0 Å². The van der Waals surface area contributed by atoms with Crippen molar-refractivity contribution in [3.63, 3.8) is 0 Å². The zero-order valence-corrected chi connectivity index (χ0v) is 12.2. The number of aromatic nitrogens is 1. The molecule has 0 unspecified atom stereocenters. The van der Waals surface area contributed by atoms with Gasteiger partial charge in [-0.1, -0.05) is 0 Å². The Kier molecular flexibility index (Phi) is 2.85. The fraction of sp³-hybridized carbons (Fsp3) is 0. The molecule has 100 valence electrons. The molecule has 0 bridgehead atoms. The van der Waals surface area contributed by atoms with Gasteiger partial charge in [-0.2, -0.15) is 0 Å². The second kappa shape index (κ2) is 4.44. The smallest absolute Gasteiger partial charge is 0.262 e. The second-order valence-electron chi connectivity index (χ2n) is 4.25. The predicted octanol–water partition coefficient (Wildman–Crippen LogP) is 0.908. The third-order valence-corrected chi connectivity index (χ3v) is 3.76. The van der Waals surface area contributed by atoms with E-state index in [1.165, 1.54) is 4.57 Å². The van der Waals surface area contributed by atoms with E-state index in [2.05, 4.69) is 27.9 Å². The summed E-state index contributed by atoms with van der Waals surface area (Å²) in [6.07, 6.45) is 0. The molecule has 0 fully saturated rings. The van der Waals surface area contributed by atoms with Gasteiger partial charge in [0.05, 0.1) is 16.8 Å². The molecule has 0 radical (unpaired) electrons. The topological polar surface area (TPSA) is 94.2 Å². The van der Waals surface area contributed by atoms with E-state index in [0.717, 1.165) is 9.64 Å². The molecule has 0 spiro atoms. The number of imide groups is 1. The third kappa shape index (κ3) is 1.82.